The summed E-state index contributed by atoms with van der Waals surface area (Å²) in [6, 6.07) is 12.3. The van der Waals surface area contributed by atoms with Gasteiger partial charge in [0.2, 0.25) is 0 Å². The highest BCUT2D eigenvalue weighted by Gasteiger charge is 2.12. The summed E-state index contributed by atoms with van der Waals surface area (Å²) in [5, 5.41) is 0.470. The van der Waals surface area contributed by atoms with Crippen molar-refractivity contribution in [3.05, 3.63) is 57.9 Å². The van der Waals surface area contributed by atoms with E-state index < -0.39 is 5.91 Å². The van der Waals surface area contributed by atoms with Crippen LogP contribution in [0.3, 0.4) is 0 Å². The number of ether oxygens (including phenoxy) is 2. The quantitative estimate of drug-likeness (QED) is 0.566. The molecule has 8 heteroatoms. The summed E-state index contributed by atoms with van der Waals surface area (Å²) >= 11 is 7.33. The number of nitrogens with zero attached hydrogens (tertiary/aromatic N) is 2. The first-order valence-electron chi connectivity index (χ1n) is 8.69. The highest BCUT2D eigenvalue weighted by atomic mass is 35.5. The third-order valence-corrected chi connectivity index (χ3v) is 5.28. The molecule has 0 fully saturated rings. The van der Waals surface area contributed by atoms with E-state index in [0.29, 0.717) is 28.5 Å². The maximum Gasteiger partial charge on any atom is 0.307 e. The van der Waals surface area contributed by atoms with Crippen molar-refractivity contribution in [3.63, 3.8) is 0 Å². The van der Waals surface area contributed by atoms with Gasteiger partial charge in [-0.05, 0) is 43.3 Å². The molecule has 1 amide bonds. The molecule has 0 spiro atoms. The summed E-state index contributed by atoms with van der Waals surface area (Å²) in [5.74, 6) is 0.0138. The third kappa shape index (κ3) is 4.61. The highest BCUT2D eigenvalue weighted by Crippen LogP contribution is 2.24. The summed E-state index contributed by atoms with van der Waals surface area (Å²) in [7, 11) is 1.35. The van der Waals surface area contributed by atoms with Crippen LogP contribution in [0, 0.1) is 0 Å². The second kappa shape index (κ2) is 9.03. The van der Waals surface area contributed by atoms with Crippen molar-refractivity contribution >= 4 is 45.0 Å². The Bertz CT molecular complexity index is 1090. The zero-order valence-electron chi connectivity index (χ0n) is 15.5. The van der Waals surface area contributed by atoms with E-state index in [9.17, 15) is 9.59 Å². The molecule has 0 aliphatic carbocycles. The number of rotatable bonds is 6. The van der Waals surface area contributed by atoms with Gasteiger partial charge in [-0.3, -0.25) is 9.59 Å². The van der Waals surface area contributed by atoms with E-state index in [0.717, 1.165) is 16.0 Å². The molecule has 3 aromatic rings. The number of carbonyl (C=O) groups is 2. The molecule has 1 heterocycles. The summed E-state index contributed by atoms with van der Waals surface area (Å²) < 4.78 is 13.0. The molecule has 0 unspecified atom stereocenters. The Morgan fingerprint density at radius 1 is 1.21 bits per heavy atom. The Morgan fingerprint density at radius 2 is 2.04 bits per heavy atom. The van der Waals surface area contributed by atoms with Crippen LogP contribution in [-0.4, -0.2) is 30.2 Å². The van der Waals surface area contributed by atoms with E-state index in [1.807, 2.05) is 29.7 Å². The largest absolute Gasteiger partial charge is 0.494 e. The minimum Gasteiger partial charge on any atom is -0.494 e. The summed E-state index contributed by atoms with van der Waals surface area (Å²) in [6.07, 6.45) is 0.175. The van der Waals surface area contributed by atoms with Gasteiger partial charge in [0.25, 0.3) is 5.91 Å². The first-order chi connectivity index (χ1) is 13.5. The monoisotopic (exact) mass is 418 g/mol. The Labute approximate surface area is 171 Å². The van der Waals surface area contributed by atoms with E-state index in [4.69, 9.17) is 21.1 Å². The number of carbonyl (C=O) groups excluding carboxylic acids is 2. The van der Waals surface area contributed by atoms with Crippen LogP contribution in [0.5, 0.6) is 5.75 Å². The molecule has 0 bridgehead atoms. The van der Waals surface area contributed by atoms with Crippen molar-refractivity contribution in [2.75, 3.05) is 13.7 Å². The van der Waals surface area contributed by atoms with Crippen molar-refractivity contribution < 1.29 is 19.1 Å². The maximum absolute atomic E-state index is 12.6. The number of methoxy groups -OCH3 is 1. The van der Waals surface area contributed by atoms with Crippen LogP contribution in [0.25, 0.3) is 10.2 Å². The van der Waals surface area contributed by atoms with Gasteiger partial charge in [0.05, 0.1) is 30.4 Å². The average molecular weight is 419 g/mol. The summed E-state index contributed by atoms with van der Waals surface area (Å²) in [4.78, 5) is 29.0. The van der Waals surface area contributed by atoms with E-state index in [1.54, 1.807) is 24.3 Å². The number of thiazole rings is 1. The molecule has 0 saturated heterocycles. The maximum atomic E-state index is 12.6. The molecular formula is C20H19ClN2O4S. The van der Waals surface area contributed by atoms with Gasteiger partial charge in [-0.2, -0.15) is 4.99 Å². The van der Waals surface area contributed by atoms with E-state index in [-0.39, 0.29) is 12.4 Å². The van der Waals surface area contributed by atoms with Gasteiger partial charge in [-0.25, -0.2) is 0 Å². The Morgan fingerprint density at radius 3 is 2.75 bits per heavy atom. The molecule has 0 aliphatic rings. The average Bonchev–Trinajstić information content (AvgIpc) is 3.02. The second-order valence-corrected chi connectivity index (χ2v) is 7.30. The fourth-order valence-corrected chi connectivity index (χ4v) is 3.96. The standard InChI is InChI=1S/C20H19ClN2O4S/c1-3-27-15-7-8-16-17(12-15)28-20(23(16)10-9-18(24)26-2)22-19(25)13-5-4-6-14(21)11-13/h4-8,11-12H,3,9-10H2,1-2H3. The van der Waals surface area contributed by atoms with Crippen LogP contribution in [0.2, 0.25) is 5.02 Å². The molecule has 1 aromatic heterocycles. The normalized spacial score (nSPS) is 11.6. The molecule has 3 rings (SSSR count). The van der Waals surface area contributed by atoms with Crippen LogP contribution in [0.4, 0.5) is 0 Å². The van der Waals surface area contributed by atoms with E-state index >= 15 is 0 Å². The molecule has 0 radical (unpaired) electrons. The second-order valence-electron chi connectivity index (χ2n) is 5.85. The van der Waals surface area contributed by atoms with Gasteiger partial charge in [0.15, 0.2) is 4.80 Å². The van der Waals surface area contributed by atoms with Crippen molar-refractivity contribution in [1.82, 2.24) is 4.57 Å². The fraction of sp³-hybridized carbons (Fsp3) is 0.250. The van der Waals surface area contributed by atoms with E-state index in [1.165, 1.54) is 18.4 Å². The first kappa shape index (κ1) is 20.1. The van der Waals surface area contributed by atoms with Crippen molar-refractivity contribution in [3.8, 4) is 5.75 Å². The van der Waals surface area contributed by atoms with Gasteiger partial charge in [0.1, 0.15) is 5.75 Å². The predicted octanol–water partition coefficient (Wildman–Crippen LogP) is 4.06. The van der Waals surface area contributed by atoms with Crippen LogP contribution in [0.1, 0.15) is 23.7 Å². The molecule has 6 nitrogen and oxygen atoms in total. The molecule has 28 heavy (non-hydrogen) atoms. The Kier molecular flexibility index (Phi) is 6.49. The Hall–Kier alpha value is -2.64. The zero-order valence-corrected chi connectivity index (χ0v) is 17.0. The molecule has 0 aliphatic heterocycles. The summed E-state index contributed by atoms with van der Waals surface area (Å²) in [5.41, 5.74) is 1.27. The Balaban J connectivity index is 2.07. The zero-order chi connectivity index (χ0) is 20.1. The highest BCUT2D eigenvalue weighted by molar-refractivity contribution is 7.16. The van der Waals surface area contributed by atoms with Crippen LogP contribution in [0.15, 0.2) is 47.5 Å². The minimum absolute atomic E-state index is 0.175. The number of amides is 1. The lowest BCUT2D eigenvalue weighted by Crippen LogP contribution is -2.19. The molecule has 0 N–H and O–H groups in total. The predicted molar refractivity (Wildman–Crippen MR) is 109 cm³/mol. The molecule has 146 valence electrons. The number of aryl methyl sites for hydroxylation is 1. The van der Waals surface area contributed by atoms with Crippen LogP contribution in [-0.2, 0) is 16.1 Å². The number of benzene rings is 2. The number of fused-ring (bicyclic) bond motifs is 1. The molecule has 2 aromatic carbocycles. The number of esters is 1. The van der Waals surface area contributed by atoms with E-state index in [2.05, 4.69) is 4.99 Å². The molecular weight excluding hydrogens is 400 g/mol. The topological polar surface area (TPSA) is 69.9 Å². The van der Waals surface area contributed by atoms with Crippen molar-refractivity contribution in [1.29, 1.82) is 0 Å². The van der Waals surface area contributed by atoms with Gasteiger partial charge < -0.3 is 14.0 Å². The fourth-order valence-electron chi connectivity index (χ4n) is 2.69. The first-order valence-corrected chi connectivity index (χ1v) is 9.89. The van der Waals surface area contributed by atoms with Crippen molar-refractivity contribution in [2.24, 2.45) is 4.99 Å². The molecule has 0 saturated carbocycles. The van der Waals surface area contributed by atoms with Crippen molar-refractivity contribution in [2.45, 2.75) is 19.9 Å². The third-order valence-electron chi connectivity index (χ3n) is 4.00. The number of halogens is 1. The SMILES string of the molecule is CCOc1ccc2c(c1)sc(=NC(=O)c1cccc(Cl)c1)n2CCC(=O)OC. The smallest absolute Gasteiger partial charge is 0.307 e. The lowest BCUT2D eigenvalue weighted by atomic mass is 10.2. The number of aromatic nitrogens is 1. The lowest BCUT2D eigenvalue weighted by Gasteiger charge is -2.06. The van der Waals surface area contributed by atoms with Gasteiger partial charge >= 0.3 is 5.97 Å². The van der Waals surface area contributed by atoms with Crippen LogP contribution < -0.4 is 9.54 Å². The number of hydrogen-bond donors (Lipinski definition) is 0. The van der Waals surface area contributed by atoms with Crippen LogP contribution >= 0.6 is 22.9 Å². The number of hydrogen-bond acceptors (Lipinski definition) is 5. The lowest BCUT2D eigenvalue weighted by molar-refractivity contribution is -0.140. The van der Waals surface area contributed by atoms with Gasteiger partial charge in [-0.15, -0.1) is 0 Å². The van der Waals surface area contributed by atoms with Gasteiger partial charge in [0, 0.05) is 17.1 Å². The minimum atomic E-state index is -0.397. The van der Waals surface area contributed by atoms with Gasteiger partial charge in [-0.1, -0.05) is 29.0 Å². The summed E-state index contributed by atoms with van der Waals surface area (Å²) in [6.45, 7) is 2.82. The molecule has 0 atom stereocenters.